The number of carbonyl (C=O) groups excluding carboxylic acids is 2. The molecule has 2 aliphatic rings. The van der Waals surface area contributed by atoms with Gasteiger partial charge in [0.1, 0.15) is 12.0 Å². The van der Waals surface area contributed by atoms with Crippen molar-refractivity contribution in [2.45, 2.75) is 32.1 Å². The summed E-state index contributed by atoms with van der Waals surface area (Å²) in [6.07, 6.45) is 2.41. The van der Waals surface area contributed by atoms with Crippen LogP contribution in [0.4, 0.5) is 0 Å². The number of benzene rings is 2. The molecule has 0 heterocycles. The van der Waals surface area contributed by atoms with E-state index in [0.717, 1.165) is 41.5 Å². The fraction of sp³-hybridized carbons (Fsp3) is 0.318. The summed E-state index contributed by atoms with van der Waals surface area (Å²) in [5.41, 5.74) is 3.91. The molecule has 26 heavy (non-hydrogen) atoms. The number of hydrogen-bond donors (Lipinski definition) is 0. The van der Waals surface area contributed by atoms with E-state index in [-0.39, 0.29) is 23.4 Å². The number of halogens is 1. The molecule has 0 spiro atoms. The van der Waals surface area contributed by atoms with Gasteiger partial charge in [0, 0.05) is 11.8 Å². The number of fused-ring (bicyclic) bond motifs is 2. The van der Waals surface area contributed by atoms with Crippen LogP contribution in [0.5, 0.6) is 0 Å². The average molecular weight is 364 g/mol. The van der Waals surface area contributed by atoms with Gasteiger partial charge >= 0.3 is 0 Å². The largest absolute Gasteiger partial charge is 0.298 e. The fourth-order valence-corrected chi connectivity index (χ4v) is 4.50. The molecule has 2 aliphatic carbocycles. The van der Waals surface area contributed by atoms with Crippen molar-refractivity contribution in [1.82, 2.24) is 0 Å². The van der Waals surface area contributed by atoms with E-state index in [4.69, 9.17) is 11.6 Å². The molecule has 0 aromatic heterocycles. The van der Waals surface area contributed by atoms with Gasteiger partial charge in [-0.1, -0.05) is 29.8 Å². The van der Waals surface area contributed by atoms with Gasteiger partial charge in [0.25, 0.3) is 0 Å². The maximum Gasteiger partial charge on any atom is 0.150 e. The quantitative estimate of drug-likeness (QED) is 0.717. The van der Waals surface area contributed by atoms with Crippen LogP contribution in [0.25, 0.3) is 11.1 Å². The summed E-state index contributed by atoms with van der Waals surface area (Å²) in [7, 11) is 0. The molecule has 130 valence electrons. The third kappa shape index (κ3) is 2.66. The second-order valence-electron chi connectivity index (χ2n) is 7.32. The van der Waals surface area contributed by atoms with Crippen LogP contribution in [0.1, 0.15) is 41.9 Å². The number of nitrogens with zero attached hydrogens (tertiary/aromatic N) is 1. The summed E-state index contributed by atoms with van der Waals surface area (Å²) in [6.45, 7) is 1.94. The van der Waals surface area contributed by atoms with Crippen LogP contribution < -0.4 is 0 Å². The summed E-state index contributed by atoms with van der Waals surface area (Å²) in [6, 6.07) is 13.2. The van der Waals surface area contributed by atoms with Gasteiger partial charge in [-0.2, -0.15) is 5.26 Å². The Morgan fingerprint density at radius 3 is 2.27 bits per heavy atom. The molecule has 0 aliphatic heterocycles. The van der Waals surface area contributed by atoms with Crippen molar-refractivity contribution in [2.24, 2.45) is 11.8 Å². The van der Waals surface area contributed by atoms with Crippen molar-refractivity contribution in [2.75, 3.05) is 0 Å². The van der Waals surface area contributed by atoms with Crippen LogP contribution in [0.2, 0.25) is 5.02 Å². The smallest absolute Gasteiger partial charge is 0.150 e. The van der Waals surface area contributed by atoms with Gasteiger partial charge in [-0.25, -0.2) is 0 Å². The van der Waals surface area contributed by atoms with Gasteiger partial charge in [-0.3, -0.25) is 9.59 Å². The Balaban J connectivity index is 1.79. The maximum absolute atomic E-state index is 12.9. The fourth-order valence-electron chi connectivity index (χ4n) is 4.34. The standard InChI is InChI=1S/C22H18ClNO2/c1-12-2-3-14(13-6-7-19(23)17(8-13)11-24)10-18(12)20-21(25)15-4-5-16(9-15)22(20)26/h2-3,6-8,10,15-16,20H,4-5,9H2,1H3/t15-,16+,20?. The Labute approximate surface area is 157 Å². The molecule has 0 radical (unpaired) electrons. The van der Waals surface area contributed by atoms with Crippen molar-refractivity contribution in [3.63, 3.8) is 0 Å². The lowest BCUT2D eigenvalue weighted by Gasteiger charge is -2.27. The molecule has 4 heteroatoms. The van der Waals surface area contributed by atoms with Crippen LogP contribution >= 0.6 is 11.6 Å². The summed E-state index contributed by atoms with van der Waals surface area (Å²) < 4.78 is 0. The molecule has 2 aromatic rings. The molecule has 2 fully saturated rings. The van der Waals surface area contributed by atoms with Crippen LogP contribution in [0.3, 0.4) is 0 Å². The Bertz CT molecular complexity index is 951. The van der Waals surface area contributed by atoms with Crippen molar-refractivity contribution < 1.29 is 9.59 Å². The predicted octanol–water partition coefficient (Wildman–Crippen LogP) is 4.84. The normalized spacial score (nSPS) is 24.6. The van der Waals surface area contributed by atoms with Crippen LogP contribution in [0, 0.1) is 30.1 Å². The van der Waals surface area contributed by atoms with Gasteiger partial charge in [0.2, 0.25) is 0 Å². The zero-order valence-corrected chi connectivity index (χ0v) is 15.2. The molecular formula is C22H18ClNO2. The summed E-state index contributed by atoms with van der Waals surface area (Å²) in [5, 5.41) is 9.62. The minimum absolute atomic E-state index is 0.0338. The van der Waals surface area contributed by atoms with Gasteiger partial charge in [0.15, 0.2) is 11.6 Å². The van der Waals surface area contributed by atoms with Crippen LogP contribution in [-0.4, -0.2) is 11.6 Å². The first-order valence-corrected chi connectivity index (χ1v) is 9.25. The molecule has 2 saturated carbocycles. The number of rotatable bonds is 2. The highest BCUT2D eigenvalue weighted by atomic mass is 35.5. The molecule has 0 N–H and O–H groups in total. The average Bonchev–Trinajstić information content (AvgIpc) is 3.09. The number of nitriles is 1. The maximum atomic E-state index is 12.9. The molecule has 3 nitrogen and oxygen atoms in total. The first-order chi connectivity index (χ1) is 12.5. The van der Waals surface area contributed by atoms with E-state index in [1.54, 1.807) is 12.1 Å². The zero-order valence-electron chi connectivity index (χ0n) is 14.5. The molecule has 4 rings (SSSR count). The number of aryl methyl sites for hydroxylation is 1. The number of hydrogen-bond acceptors (Lipinski definition) is 3. The lowest BCUT2D eigenvalue weighted by Crippen LogP contribution is -2.35. The Morgan fingerprint density at radius 1 is 1.00 bits per heavy atom. The summed E-state index contributed by atoms with van der Waals surface area (Å²) in [5.74, 6) is -0.405. The molecule has 3 atom stereocenters. The Hall–Kier alpha value is -2.44. The van der Waals surface area contributed by atoms with Gasteiger partial charge in [-0.05, 0) is 66.6 Å². The summed E-state index contributed by atoms with van der Waals surface area (Å²) in [4.78, 5) is 25.7. The molecule has 1 unspecified atom stereocenters. The highest BCUT2D eigenvalue weighted by Crippen LogP contribution is 2.45. The van der Waals surface area contributed by atoms with Gasteiger partial charge < -0.3 is 0 Å². The number of Topliss-reactive ketones (excluding diaryl/α,β-unsaturated/α-hetero) is 2. The summed E-state index contributed by atoms with van der Waals surface area (Å²) >= 11 is 6.03. The molecule has 2 bridgehead atoms. The first-order valence-electron chi connectivity index (χ1n) is 8.87. The lowest BCUT2D eigenvalue weighted by atomic mass is 9.74. The van der Waals surface area contributed by atoms with E-state index in [1.165, 1.54) is 0 Å². The van der Waals surface area contributed by atoms with E-state index in [9.17, 15) is 14.9 Å². The van der Waals surface area contributed by atoms with Crippen LogP contribution in [-0.2, 0) is 9.59 Å². The van der Waals surface area contributed by atoms with E-state index < -0.39 is 5.92 Å². The highest BCUT2D eigenvalue weighted by Gasteiger charge is 2.47. The van der Waals surface area contributed by atoms with Crippen molar-refractivity contribution in [3.05, 3.63) is 58.1 Å². The Morgan fingerprint density at radius 2 is 1.62 bits per heavy atom. The second-order valence-corrected chi connectivity index (χ2v) is 7.73. The van der Waals surface area contributed by atoms with Gasteiger partial charge in [-0.15, -0.1) is 0 Å². The van der Waals surface area contributed by atoms with E-state index >= 15 is 0 Å². The van der Waals surface area contributed by atoms with Crippen molar-refractivity contribution >= 4 is 23.2 Å². The van der Waals surface area contributed by atoms with Crippen molar-refractivity contribution in [3.8, 4) is 17.2 Å². The van der Waals surface area contributed by atoms with E-state index in [0.29, 0.717) is 10.6 Å². The molecule has 2 aromatic carbocycles. The second kappa shape index (κ2) is 6.37. The molecule has 0 saturated heterocycles. The van der Waals surface area contributed by atoms with E-state index in [1.807, 2.05) is 31.2 Å². The zero-order chi connectivity index (χ0) is 18.4. The SMILES string of the molecule is Cc1ccc(-c2ccc(Cl)c(C#N)c2)cc1C1C(=O)[C@@H]2CC[C@@H](C2)C1=O. The molecule has 0 amide bonds. The first kappa shape index (κ1) is 17.0. The van der Waals surface area contributed by atoms with Crippen molar-refractivity contribution in [1.29, 1.82) is 5.26 Å². The third-order valence-corrected chi connectivity index (χ3v) is 6.15. The number of carbonyl (C=O) groups is 2. The van der Waals surface area contributed by atoms with Gasteiger partial charge in [0.05, 0.1) is 10.6 Å². The predicted molar refractivity (Wildman–Crippen MR) is 99.9 cm³/mol. The Kier molecular flexibility index (Phi) is 4.17. The highest BCUT2D eigenvalue weighted by molar-refractivity contribution is 6.31. The van der Waals surface area contributed by atoms with E-state index in [2.05, 4.69) is 6.07 Å². The number of ketones is 2. The molecular weight excluding hydrogens is 346 g/mol. The van der Waals surface area contributed by atoms with Crippen LogP contribution in [0.15, 0.2) is 36.4 Å². The topological polar surface area (TPSA) is 57.9 Å². The lowest BCUT2D eigenvalue weighted by molar-refractivity contribution is -0.135. The monoisotopic (exact) mass is 363 g/mol. The minimum atomic E-state index is -0.635. The minimum Gasteiger partial charge on any atom is -0.298 e. The third-order valence-electron chi connectivity index (χ3n) is 5.82.